The minimum absolute atomic E-state index is 0.0161. The fraction of sp³-hybridized carbons (Fsp3) is 0.927. The van der Waals surface area contributed by atoms with Gasteiger partial charge in [0.25, 0.3) is 0 Å². The number of fused-ring (bicyclic) bond motifs is 5. The van der Waals surface area contributed by atoms with Crippen LogP contribution in [-0.4, -0.2) is 56.4 Å². The van der Waals surface area contributed by atoms with Gasteiger partial charge in [-0.3, -0.25) is 0 Å². The summed E-state index contributed by atoms with van der Waals surface area (Å²) in [4.78, 5) is 15.6. The molecule has 6 nitrogen and oxygen atoms in total. The minimum Gasteiger partial charge on any atom is -0.446 e. The zero-order valence-electron chi connectivity index (χ0n) is 32.1. The van der Waals surface area contributed by atoms with E-state index in [0.29, 0.717) is 31.6 Å². The Kier molecular flexibility index (Phi) is 13.4. The van der Waals surface area contributed by atoms with Crippen molar-refractivity contribution in [3.63, 3.8) is 0 Å². The molecule has 3 saturated carbocycles. The molecular formula is C41H76N4O2. The van der Waals surface area contributed by atoms with Crippen molar-refractivity contribution in [1.82, 2.24) is 10.2 Å². The van der Waals surface area contributed by atoms with Crippen LogP contribution in [0, 0.1) is 51.2 Å². The summed E-state index contributed by atoms with van der Waals surface area (Å²) in [5.41, 5.74) is 14.4. The molecule has 0 aromatic carbocycles. The van der Waals surface area contributed by atoms with E-state index in [1.165, 1.54) is 57.8 Å². The van der Waals surface area contributed by atoms with Gasteiger partial charge in [-0.1, -0.05) is 86.3 Å². The van der Waals surface area contributed by atoms with Crippen LogP contribution in [-0.2, 0) is 4.74 Å². The molecular weight excluding hydrogens is 580 g/mol. The third kappa shape index (κ3) is 9.57. The highest BCUT2D eigenvalue weighted by Crippen LogP contribution is 2.66. The zero-order valence-corrected chi connectivity index (χ0v) is 32.1. The molecule has 272 valence electrons. The number of rotatable bonds is 17. The number of amides is 1. The van der Waals surface area contributed by atoms with E-state index in [4.69, 9.17) is 16.2 Å². The summed E-state index contributed by atoms with van der Waals surface area (Å²) in [6.45, 7) is 23.1. The van der Waals surface area contributed by atoms with Gasteiger partial charge < -0.3 is 26.4 Å². The number of nitrogens with zero attached hydrogens (tertiary/aromatic N) is 1. The van der Waals surface area contributed by atoms with E-state index in [1.54, 1.807) is 5.57 Å². The van der Waals surface area contributed by atoms with E-state index >= 15 is 0 Å². The number of nitrogens with two attached hydrogens (primary N) is 2. The average Bonchev–Trinajstić information content (AvgIpc) is 3.36. The van der Waals surface area contributed by atoms with E-state index in [2.05, 4.69) is 66.8 Å². The first kappa shape index (κ1) is 38.7. The largest absolute Gasteiger partial charge is 0.446 e. The number of carbonyl (C=O) groups excluding carboxylic acids is 1. The van der Waals surface area contributed by atoms with Crippen LogP contribution in [0.4, 0.5) is 4.79 Å². The van der Waals surface area contributed by atoms with Gasteiger partial charge in [0.2, 0.25) is 0 Å². The number of nitrogens with one attached hydrogen (secondary N) is 1. The van der Waals surface area contributed by atoms with Gasteiger partial charge in [0.05, 0.1) is 0 Å². The number of hydrogen-bond acceptors (Lipinski definition) is 5. The van der Waals surface area contributed by atoms with Crippen molar-refractivity contribution in [2.75, 3.05) is 39.3 Å². The lowest BCUT2D eigenvalue weighted by Crippen LogP contribution is -2.51. The Hall–Kier alpha value is -1.11. The van der Waals surface area contributed by atoms with E-state index in [1.807, 2.05) is 4.90 Å². The Bertz CT molecular complexity index is 1040. The summed E-state index contributed by atoms with van der Waals surface area (Å²) in [7, 11) is 0. The molecule has 0 aromatic heterocycles. The zero-order chi connectivity index (χ0) is 34.5. The van der Waals surface area contributed by atoms with Gasteiger partial charge in [0.1, 0.15) is 6.10 Å². The van der Waals surface area contributed by atoms with Gasteiger partial charge in [-0.25, -0.2) is 4.79 Å². The van der Waals surface area contributed by atoms with Crippen molar-refractivity contribution in [3.05, 3.63) is 11.6 Å². The topological polar surface area (TPSA) is 93.6 Å². The number of allylic oxidation sites excluding steroid dienone is 1. The van der Waals surface area contributed by atoms with Crippen molar-refractivity contribution < 1.29 is 9.53 Å². The van der Waals surface area contributed by atoms with Gasteiger partial charge in [0.15, 0.2) is 0 Å². The Morgan fingerprint density at radius 1 is 0.979 bits per heavy atom. The molecule has 1 amide bonds. The SMILES string of the molecule is CC(C)CCCCC1CCC2C3CC=C4CC(OC(=O)N(CCCCNCC(C)(C)CN)CC(C)(C)CN)CCC4(C)C3CCC12C. The summed E-state index contributed by atoms with van der Waals surface area (Å²) < 4.78 is 6.35. The molecule has 7 unspecified atom stereocenters. The summed E-state index contributed by atoms with van der Waals surface area (Å²) in [6.07, 6.45) is 20.1. The van der Waals surface area contributed by atoms with Gasteiger partial charge in [-0.05, 0) is 135 Å². The van der Waals surface area contributed by atoms with Crippen molar-refractivity contribution in [3.8, 4) is 0 Å². The van der Waals surface area contributed by atoms with Crippen molar-refractivity contribution >= 4 is 6.09 Å². The number of carbonyl (C=O) groups is 1. The lowest BCUT2D eigenvalue weighted by atomic mass is 9.47. The Morgan fingerprint density at radius 2 is 1.72 bits per heavy atom. The van der Waals surface area contributed by atoms with Crippen molar-refractivity contribution in [2.24, 2.45) is 62.7 Å². The maximum atomic E-state index is 13.7. The molecule has 4 aliphatic carbocycles. The quantitative estimate of drug-likeness (QED) is 0.107. The predicted molar refractivity (Wildman–Crippen MR) is 198 cm³/mol. The lowest BCUT2D eigenvalue weighted by molar-refractivity contribution is -0.0537. The molecule has 0 aromatic rings. The molecule has 5 N–H and O–H groups in total. The summed E-state index contributed by atoms with van der Waals surface area (Å²) in [5.74, 6) is 4.29. The first-order valence-electron chi connectivity index (χ1n) is 19.9. The van der Waals surface area contributed by atoms with Crippen LogP contribution in [0.1, 0.15) is 145 Å². The summed E-state index contributed by atoms with van der Waals surface area (Å²) in [5, 5.41) is 3.54. The molecule has 0 heterocycles. The maximum Gasteiger partial charge on any atom is 0.410 e. The molecule has 6 heteroatoms. The lowest BCUT2D eigenvalue weighted by Gasteiger charge is -2.58. The van der Waals surface area contributed by atoms with Crippen LogP contribution in [0.2, 0.25) is 0 Å². The van der Waals surface area contributed by atoms with Crippen LogP contribution in [0.3, 0.4) is 0 Å². The second kappa shape index (κ2) is 16.3. The fourth-order valence-electron chi connectivity index (χ4n) is 10.3. The number of unbranched alkanes of at least 4 members (excludes halogenated alkanes) is 2. The predicted octanol–water partition coefficient (Wildman–Crippen LogP) is 8.93. The maximum absolute atomic E-state index is 13.7. The Morgan fingerprint density at radius 3 is 2.43 bits per heavy atom. The molecule has 47 heavy (non-hydrogen) atoms. The molecule has 4 rings (SSSR count). The van der Waals surface area contributed by atoms with Crippen LogP contribution < -0.4 is 16.8 Å². The molecule has 0 radical (unpaired) electrons. The molecule has 0 saturated heterocycles. The average molecular weight is 657 g/mol. The number of hydrogen-bond donors (Lipinski definition) is 3. The fourth-order valence-corrected chi connectivity index (χ4v) is 10.3. The monoisotopic (exact) mass is 657 g/mol. The van der Waals surface area contributed by atoms with E-state index in [9.17, 15) is 4.79 Å². The highest BCUT2D eigenvalue weighted by atomic mass is 16.6. The first-order valence-corrected chi connectivity index (χ1v) is 19.9. The molecule has 4 aliphatic rings. The van der Waals surface area contributed by atoms with Gasteiger partial charge in [0, 0.05) is 26.1 Å². The van der Waals surface area contributed by atoms with Gasteiger partial charge in [-0.15, -0.1) is 0 Å². The molecule has 0 spiro atoms. The van der Waals surface area contributed by atoms with E-state index in [0.717, 1.165) is 74.8 Å². The standard InChI is InChI=1S/C41H76N4O2/c1-30(2)13-9-10-14-31-16-18-35-34-17-15-32-25-33(19-21-41(32,8)36(34)20-22-40(31,35)7)47-37(46)45(29-39(5,6)27-43)24-12-11-23-44-28-38(3,4)26-42/h15,30-31,33-36,44H,9-14,16-29,42-43H2,1-8H3. The highest BCUT2D eigenvalue weighted by molar-refractivity contribution is 5.68. The molecule has 3 fully saturated rings. The van der Waals surface area contributed by atoms with Crippen molar-refractivity contribution in [2.45, 2.75) is 151 Å². The molecule has 7 atom stereocenters. The Balaban J connectivity index is 1.32. The van der Waals surface area contributed by atoms with Gasteiger partial charge in [-0.2, -0.15) is 0 Å². The normalized spacial score (nSPS) is 32.4. The van der Waals surface area contributed by atoms with Crippen molar-refractivity contribution in [1.29, 1.82) is 0 Å². The smallest absolute Gasteiger partial charge is 0.410 e. The Labute approximate surface area is 290 Å². The molecule has 0 aliphatic heterocycles. The summed E-state index contributed by atoms with van der Waals surface area (Å²) in [6, 6.07) is 0. The third-order valence-corrected chi connectivity index (χ3v) is 13.7. The second-order valence-electron chi connectivity index (χ2n) is 19.0. The highest BCUT2D eigenvalue weighted by Gasteiger charge is 2.58. The van der Waals surface area contributed by atoms with Gasteiger partial charge >= 0.3 is 6.09 Å². The third-order valence-electron chi connectivity index (χ3n) is 13.7. The molecule has 0 bridgehead atoms. The second-order valence-corrected chi connectivity index (χ2v) is 19.0. The van der Waals surface area contributed by atoms with Crippen LogP contribution in [0.5, 0.6) is 0 Å². The van der Waals surface area contributed by atoms with E-state index in [-0.39, 0.29) is 28.4 Å². The first-order chi connectivity index (χ1) is 22.1. The minimum atomic E-state index is -0.148. The van der Waals surface area contributed by atoms with Crippen LogP contribution in [0.25, 0.3) is 0 Å². The number of ether oxygens (including phenoxy) is 1. The van der Waals surface area contributed by atoms with Crippen LogP contribution in [0.15, 0.2) is 11.6 Å². The summed E-state index contributed by atoms with van der Waals surface area (Å²) >= 11 is 0. The van der Waals surface area contributed by atoms with Crippen LogP contribution >= 0.6 is 0 Å². The van der Waals surface area contributed by atoms with E-state index < -0.39 is 0 Å².